The normalized spacial score (nSPS) is 15.9. The first-order valence-corrected chi connectivity index (χ1v) is 9.16. The van der Waals surface area contributed by atoms with Crippen LogP contribution in [0.5, 0.6) is 0 Å². The van der Waals surface area contributed by atoms with Crippen LogP contribution in [0.25, 0.3) is 11.0 Å². The summed E-state index contributed by atoms with van der Waals surface area (Å²) in [4.78, 5) is 17.1. The number of piperazine rings is 1. The number of carbonyl (C=O) groups excluding carboxylic acids is 1. The summed E-state index contributed by atoms with van der Waals surface area (Å²) in [6.07, 6.45) is 2.16. The largest absolute Gasteiger partial charge is 0.451 e. The topological polar surface area (TPSA) is 45.9 Å². The summed E-state index contributed by atoms with van der Waals surface area (Å²) in [6, 6.07) is 6.25. The maximum atomic E-state index is 12.9. The van der Waals surface area contributed by atoms with Crippen molar-refractivity contribution in [3.8, 4) is 0 Å². The van der Waals surface area contributed by atoms with Crippen LogP contribution in [0.2, 0.25) is 0 Å². The molecular weight excluding hydrogens is 316 g/mol. The highest BCUT2D eigenvalue weighted by atomic mass is 16.5. The highest BCUT2D eigenvalue weighted by Gasteiger charge is 2.26. The average Bonchev–Trinajstić information content (AvgIpc) is 2.96. The Kier molecular flexibility index (Phi) is 5.76. The predicted octanol–water partition coefficient (Wildman–Crippen LogP) is 3.10. The molecule has 3 rings (SSSR count). The van der Waals surface area contributed by atoms with Gasteiger partial charge in [-0.2, -0.15) is 0 Å². The molecule has 5 heteroatoms. The smallest absolute Gasteiger partial charge is 0.289 e. The van der Waals surface area contributed by atoms with Gasteiger partial charge in [0.05, 0.1) is 6.61 Å². The highest BCUT2D eigenvalue weighted by molar-refractivity contribution is 5.99. The van der Waals surface area contributed by atoms with E-state index in [2.05, 4.69) is 24.0 Å². The number of fused-ring (bicyclic) bond motifs is 1. The quantitative estimate of drug-likeness (QED) is 0.808. The summed E-state index contributed by atoms with van der Waals surface area (Å²) in [5.41, 5.74) is 3.06. The lowest BCUT2D eigenvalue weighted by molar-refractivity contribution is 0.0567. The molecule has 1 aromatic heterocycles. The van der Waals surface area contributed by atoms with Gasteiger partial charge in [-0.1, -0.05) is 19.4 Å². The maximum absolute atomic E-state index is 12.9. The van der Waals surface area contributed by atoms with Crippen molar-refractivity contribution in [2.24, 2.45) is 0 Å². The Morgan fingerprint density at radius 2 is 2.00 bits per heavy atom. The Morgan fingerprint density at radius 1 is 1.24 bits per heavy atom. The molecule has 1 aliphatic rings. The van der Waals surface area contributed by atoms with Gasteiger partial charge in [-0.15, -0.1) is 0 Å². The molecule has 136 valence electrons. The number of aryl methyl sites for hydroxylation is 2. The van der Waals surface area contributed by atoms with Crippen molar-refractivity contribution in [2.45, 2.75) is 26.7 Å². The molecule has 0 unspecified atom stereocenters. The molecule has 1 amide bonds. The van der Waals surface area contributed by atoms with Crippen molar-refractivity contribution in [1.29, 1.82) is 0 Å². The van der Waals surface area contributed by atoms with Crippen LogP contribution in [0, 0.1) is 6.92 Å². The lowest BCUT2D eigenvalue weighted by Crippen LogP contribution is -2.49. The average molecular weight is 344 g/mol. The van der Waals surface area contributed by atoms with E-state index in [9.17, 15) is 4.79 Å². The molecule has 0 aliphatic carbocycles. The molecule has 1 fully saturated rings. The molecule has 2 aromatic rings. The van der Waals surface area contributed by atoms with Gasteiger partial charge >= 0.3 is 0 Å². The van der Waals surface area contributed by atoms with E-state index in [1.807, 2.05) is 17.9 Å². The first kappa shape index (κ1) is 18.0. The lowest BCUT2D eigenvalue weighted by Gasteiger charge is -2.34. The molecule has 0 spiro atoms. The van der Waals surface area contributed by atoms with E-state index >= 15 is 0 Å². The van der Waals surface area contributed by atoms with Crippen molar-refractivity contribution in [2.75, 3.05) is 46.4 Å². The van der Waals surface area contributed by atoms with E-state index in [-0.39, 0.29) is 5.91 Å². The van der Waals surface area contributed by atoms with E-state index < -0.39 is 0 Å². The number of hydrogen-bond acceptors (Lipinski definition) is 4. The second kappa shape index (κ2) is 8.02. The summed E-state index contributed by atoms with van der Waals surface area (Å²) in [5, 5.41) is 1.06. The number of hydrogen-bond donors (Lipinski definition) is 0. The molecule has 0 N–H and O–H groups in total. The molecule has 1 aromatic carbocycles. The van der Waals surface area contributed by atoms with Crippen LogP contribution in [-0.2, 0) is 11.2 Å². The van der Waals surface area contributed by atoms with E-state index in [4.69, 9.17) is 9.15 Å². The lowest BCUT2D eigenvalue weighted by atomic mass is 10.1. The van der Waals surface area contributed by atoms with Crippen molar-refractivity contribution in [1.82, 2.24) is 9.80 Å². The number of amides is 1. The number of furan rings is 1. The minimum Gasteiger partial charge on any atom is -0.451 e. The first-order chi connectivity index (χ1) is 12.1. The molecular formula is C20H28N2O3. The second-order valence-electron chi connectivity index (χ2n) is 6.76. The summed E-state index contributed by atoms with van der Waals surface area (Å²) < 4.78 is 11.0. The zero-order valence-electron chi connectivity index (χ0n) is 15.5. The minimum atomic E-state index is 0.0112. The number of rotatable bonds is 6. The number of methoxy groups -OCH3 is 1. The van der Waals surface area contributed by atoms with Gasteiger partial charge in [0, 0.05) is 50.8 Å². The number of nitrogens with zero attached hydrogens (tertiary/aromatic N) is 2. The number of carbonyl (C=O) groups is 1. The fourth-order valence-corrected chi connectivity index (χ4v) is 3.45. The van der Waals surface area contributed by atoms with Gasteiger partial charge in [0.1, 0.15) is 5.58 Å². The predicted molar refractivity (Wildman–Crippen MR) is 99.2 cm³/mol. The van der Waals surface area contributed by atoms with Crippen molar-refractivity contribution < 1.29 is 13.9 Å². The molecule has 25 heavy (non-hydrogen) atoms. The fraction of sp³-hybridized carbons (Fsp3) is 0.550. The van der Waals surface area contributed by atoms with Crippen LogP contribution in [0.4, 0.5) is 0 Å². The Bertz CT molecular complexity index is 730. The van der Waals surface area contributed by atoms with Gasteiger partial charge in [0.25, 0.3) is 5.91 Å². The van der Waals surface area contributed by atoms with Crippen molar-refractivity contribution in [3.63, 3.8) is 0 Å². The maximum Gasteiger partial charge on any atom is 0.289 e. The summed E-state index contributed by atoms with van der Waals surface area (Å²) in [6.45, 7) is 9.06. The fourth-order valence-electron chi connectivity index (χ4n) is 3.45. The third-order valence-electron chi connectivity index (χ3n) is 5.00. The van der Waals surface area contributed by atoms with Gasteiger partial charge in [-0.25, -0.2) is 0 Å². The van der Waals surface area contributed by atoms with Gasteiger partial charge in [0.15, 0.2) is 5.76 Å². The summed E-state index contributed by atoms with van der Waals surface area (Å²) >= 11 is 0. The SMILES string of the molecule is CCCc1ccc2oc(C(=O)N3CCN(CCOC)CC3)c(C)c2c1. The molecule has 0 atom stereocenters. The van der Waals surface area contributed by atoms with E-state index in [0.29, 0.717) is 5.76 Å². The third-order valence-corrected chi connectivity index (χ3v) is 5.00. The molecule has 5 nitrogen and oxygen atoms in total. The van der Waals surface area contributed by atoms with Crippen LogP contribution < -0.4 is 0 Å². The molecule has 0 radical (unpaired) electrons. The van der Waals surface area contributed by atoms with Gasteiger partial charge in [-0.3, -0.25) is 9.69 Å². The summed E-state index contributed by atoms with van der Waals surface area (Å²) in [5.74, 6) is 0.506. The third kappa shape index (κ3) is 3.88. The van der Waals surface area contributed by atoms with E-state index in [0.717, 1.165) is 68.7 Å². The Balaban J connectivity index is 1.73. The van der Waals surface area contributed by atoms with Crippen LogP contribution in [-0.4, -0.2) is 62.1 Å². The monoisotopic (exact) mass is 344 g/mol. The molecule has 0 saturated carbocycles. The molecule has 2 heterocycles. The van der Waals surface area contributed by atoms with E-state index in [1.54, 1.807) is 7.11 Å². The molecule has 1 aliphatic heterocycles. The van der Waals surface area contributed by atoms with Crippen LogP contribution in [0.1, 0.15) is 35.0 Å². The Labute approximate surface area is 149 Å². The minimum absolute atomic E-state index is 0.0112. The van der Waals surface area contributed by atoms with Gasteiger partial charge < -0.3 is 14.1 Å². The first-order valence-electron chi connectivity index (χ1n) is 9.16. The van der Waals surface area contributed by atoms with Crippen LogP contribution >= 0.6 is 0 Å². The Hall–Kier alpha value is -1.85. The number of ether oxygens (including phenoxy) is 1. The standard InChI is InChI=1S/C20H28N2O3/c1-4-5-16-6-7-18-17(14-16)15(2)19(25-18)20(23)22-10-8-21(9-11-22)12-13-24-3/h6-7,14H,4-5,8-13H2,1-3H3. The Morgan fingerprint density at radius 3 is 2.68 bits per heavy atom. The summed E-state index contributed by atoms with van der Waals surface area (Å²) in [7, 11) is 1.72. The zero-order valence-corrected chi connectivity index (χ0v) is 15.5. The van der Waals surface area contributed by atoms with Crippen LogP contribution in [0.3, 0.4) is 0 Å². The highest BCUT2D eigenvalue weighted by Crippen LogP contribution is 2.28. The van der Waals surface area contributed by atoms with E-state index in [1.165, 1.54) is 5.56 Å². The molecule has 1 saturated heterocycles. The van der Waals surface area contributed by atoms with Crippen molar-refractivity contribution >= 4 is 16.9 Å². The second-order valence-corrected chi connectivity index (χ2v) is 6.76. The van der Waals surface area contributed by atoms with Gasteiger partial charge in [-0.05, 0) is 31.0 Å². The zero-order chi connectivity index (χ0) is 17.8. The molecule has 0 bridgehead atoms. The number of benzene rings is 1. The van der Waals surface area contributed by atoms with Crippen molar-refractivity contribution in [3.05, 3.63) is 35.1 Å². The van der Waals surface area contributed by atoms with Gasteiger partial charge in [0.2, 0.25) is 0 Å². The van der Waals surface area contributed by atoms with Crippen LogP contribution in [0.15, 0.2) is 22.6 Å².